The first-order chi connectivity index (χ1) is 5.86. The van der Waals surface area contributed by atoms with Crippen molar-refractivity contribution in [2.45, 2.75) is 6.92 Å². The van der Waals surface area contributed by atoms with Gasteiger partial charge in [0.05, 0.1) is 10.7 Å². The van der Waals surface area contributed by atoms with E-state index in [4.69, 9.17) is 0 Å². The number of aromatic nitrogens is 1. The average molecular weight is 174 g/mol. The van der Waals surface area contributed by atoms with Gasteiger partial charge < -0.3 is 0 Å². The molecule has 0 aliphatic rings. The first kappa shape index (κ1) is 7.50. The molecule has 0 spiro atoms. The van der Waals surface area contributed by atoms with Crippen LogP contribution < -0.4 is 0 Å². The fourth-order valence-corrected chi connectivity index (χ4v) is 1.68. The molecule has 0 aliphatic heterocycles. The SMILES string of the molecule is Cc1nc(-c2cc[c]cc2)cs1. The van der Waals surface area contributed by atoms with Crippen molar-refractivity contribution in [3.8, 4) is 11.3 Å². The van der Waals surface area contributed by atoms with Crippen LogP contribution in [-0.4, -0.2) is 4.98 Å². The molecule has 0 saturated heterocycles. The molecule has 2 heteroatoms. The first-order valence-electron chi connectivity index (χ1n) is 3.75. The smallest absolute Gasteiger partial charge is 0.0901 e. The lowest BCUT2D eigenvalue weighted by atomic mass is 10.2. The van der Waals surface area contributed by atoms with Crippen molar-refractivity contribution >= 4 is 11.3 Å². The molecule has 59 valence electrons. The van der Waals surface area contributed by atoms with Gasteiger partial charge in [0.25, 0.3) is 0 Å². The summed E-state index contributed by atoms with van der Waals surface area (Å²) in [6, 6.07) is 10.8. The Morgan fingerprint density at radius 3 is 2.67 bits per heavy atom. The van der Waals surface area contributed by atoms with Gasteiger partial charge in [0.1, 0.15) is 0 Å². The van der Waals surface area contributed by atoms with Crippen molar-refractivity contribution < 1.29 is 0 Å². The second kappa shape index (κ2) is 3.07. The monoisotopic (exact) mass is 174 g/mol. The molecule has 1 radical (unpaired) electrons. The van der Waals surface area contributed by atoms with E-state index in [1.165, 1.54) is 0 Å². The van der Waals surface area contributed by atoms with Gasteiger partial charge in [-0.25, -0.2) is 4.98 Å². The van der Waals surface area contributed by atoms with Crippen LogP contribution in [0.2, 0.25) is 0 Å². The molecule has 0 saturated carbocycles. The Morgan fingerprint density at radius 1 is 1.33 bits per heavy atom. The second-order valence-corrected chi connectivity index (χ2v) is 3.60. The van der Waals surface area contributed by atoms with Gasteiger partial charge in [0.2, 0.25) is 0 Å². The van der Waals surface area contributed by atoms with Gasteiger partial charge in [0, 0.05) is 10.9 Å². The van der Waals surface area contributed by atoms with E-state index in [2.05, 4.69) is 16.4 Å². The van der Waals surface area contributed by atoms with E-state index in [9.17, 15) is 0 Å². The van der Waals surface area contributed by atoms with E-state index in [0.717, 1.165) is 16.3 Å². The number of thiazole rings is 1. The fraction of sp³-hybridized carbons (Fsp3) is 0.100. The van der Waals surface area contributed by atoms with E-state index >= 15 is 0 Å². The van der Waals surface area contributed by atoms with E-state index in [1.54, 1.807) is 11.3 Å². The highest BCUT2D eigenvalue weighted by Gasteiger charge is 1.99. The van der Waals surface area contributed by atoms with Crippen LogP contribution in [0, 0.1) is 13.0 Å². The van der Waals surface area contributed by atoms with Crippen molar-refractivity contribution in [2.75, 3.05) is 0 Å². The molecule has 1 nitrogen and oxygen atoms in total. The van der Waals surface area contributed by atoms with Crippen molar-refractivity contribution in [3.63, 3.8) is 0 Å². The van der Waals surface area contributed by atoms with Crippen LogP contribution in [0.1, 0.15) is 5.01 Å². The van der Waals surface area contributed by atoms with Gasteiger partial charge in [-0.15, -0.1) is 11.3 Å². The number of benzene rings is 1. The minimum atomic E-state index is 1.06. The molecule has 0 unspecified atom stereocenters. The molecule has 2 rings (SSSR count). The molecule has 1 aromatic heterocycles. The van der Waals surface area contributed by atoms with E-state index < -0.39 is 0 Å². The molecule has 2 aromatic rings. The molecule has 0 amide bonds. The molecule has 1 aromatic carbocycles. The third-order valence-corrected chi connectivity index (χ3v) is 2.41. The largest absolute Gasteiger partial charge is 0.242 e. The standard InChI is InChI=1S/C10H8NS/c1-8-11-10(7-12-8)9-5-3-2-4-6-9/h3-7H,1H3. The predicted molar refractivity (Wildman–Crippen MR) is 51.1 cm³/mol. The van der Waals surface area contributed by atoms with Crippen molar-refractivity contribution in [1.29, 1.82) is 0 Å². The zero-order valence-corrected chi connectivity index (χ0v) is 7.56. The van der Waals surface area contributed by atoms with Crippen molar-refractivity contribution in [2.24, 2.45) is 0 Å². The zero-order chi connectivity index (χ0) is 8.39. The Kier molecular flexibility index (Phi) is 1.92. The molecule has 1 heterocycles. The summed E-state index contributed by atoms with van der Waals surface area (Å²) in [5.41, 5.74) is 2.23. The van der Waals surface area contributed by atoms with E-state index in [1.807, 2.05) is 31.2 Å². The van der Waals surface area contributed by atoms with Gasteiger partial charge in [-0.05, 0) is 13.0 Å². The second-order valence-electron chi connectivity index (χ2n) is 2.54. The van der Waals surface area contributed by atoms with Crippen LogP contribution in [0.4, 0.5) is 0 Å². The fourth-order valence-electron chi connectivity index (χ4n) is 1.05. The summed E-state index contributed by atoms with van der Waals surface area (Å²) >= 11 is 1.68. The van der Waals surface area contributed by atoms with Crippen LogP contribution >= 0.6 is 11.3 Å². The number of aryl methyl sites for hydroxylation is 1. The summed E-state index contributed by atoms with van der Waals surface area (Å²) in [7, 11) is 0. The van der Waals surface area contributed by atoms with Gasteiger partial charge >= 0.3 is 0 Å². The number of hydrogen-bond acceptors (Lipinski definition) is 2. The summed E-state index contributed by atoms with van der Waals surface area (Å²) in [4.78, 5) is 4.39. The average Bonchev–Trinajstić information content (AvgIpc) is 2.54. The lowest BCUT2D eigenvalue weighted by Crippen LogP contribution is -1.75. The van der Waals surface area contributed by atoms with Crippen LogP contribution in [-0.2, 0) is 0 Å². The molecular weight excluding hydrogens is 166 g/mol. The molecular formula is C10H8NS. The molecule has 0 aliphatic carbocycles. The van der Waals surface area contributed by atoms with Crippen LogP contribution in [0.25, 0.3) is 11.3 Å². The minimum Gasteiger partial charge on any atom is -0.242 e. The summed E-state index contributed by atoms with van der Waals surface area (Å²) in [6.45, 7) is 2.02. The Balaban J connectivity index is 2.45. The molecule has 0 bridgehead atoms. The van der Waals surface area contributed by atoms with Gasteiger partial charge in [-0.3, -0.25) is 0 Å². The van der Waals surface area contributed by atoms with Gasteiger partial charge in [-0.1, -0.05) is 24.3 Å². The summed E-state index contributed by atoms with van der Waals surface area (Å²) in [5.74, 6) is 0. The summed E-state index contributed by atoms with van der Waals surface area (Å²) in [5, 5.41) is 3.18. The number of hydrogen-bond donors (Lipinski definition) is 0. The zero-order valence-electron chi connectivity index (χ0n) is 6.74. The molecule has 12 heavy (non-hydrogen) atoms. The van der Waals surface area contributed by atoms with Crippen molar-refractivity contribution in [3.05, 3.63) is 40.7 Å². The molecule has 0 fully saturated rings. The lowest BCUT2D eigenvalue weighted by molar-refractivity contribution is 1.30. The topological polar surface area (TPSA) is 12.9 Å². The third-order valence-electron chi connectivity index (χ3n) is 1.63. The Morgan fingerprint density at radius 2 is 2.08 bits per heavy atom. The number of rotatable bonds is 1. The summed E-state index contributed by atoms with van der Waals surface area (Å²) in [6.07, 6.45) is 0. The highest BCUT2D eigenvalue weighted by Crippen LogP contribution is 2.20. The van der Waals surface area contributed by atoms with Gasteiger partial charge in [-0.2, -0.15) is 0 Å². The molecule has 0 atom stereocenters. The molecule has 0 N–H and O–H groups in total. The number of nitrogens with zero attached hydrogens (tertiary/aromatic N) is 1. The maximum absolute atomic E-state index is 4.39. The highest BCUT2D eigenvalue weighted by molar-refractivity contribution is 7.09. The maximum Gasteiger partial charge on any atom is 0.0901 e. The predicted octanol–water partition coefficient (Wildman–Crippen LogP) is 2.92. The van der Waals surface area contributed by atoms with Gasteiger partial charge in [0.15, 0.2) is 0 Å². The Labute approximate surface area is 75.7 Å². The maximum atomic E-state index is 4.39. The Hall–Kier alpha value is -1.15. The van der Waals surface area contributed by atoms with Crippen LogP contribution in [0.5, 0.6) is 0 Å². The lowest BCUT2D eigenvalue weighted by Gasteiger charge is -1.92. The Bertz CT molecular complexity index is 364. The van der Waals surface area contributed by atoms with E-state index in [-0.39, 0.29) is 0 Å². The summed E-state index contributed by atoms with van der Waals surface area (Å²) < 4.78 is 0. The quantitative estimate of drug-likeness (QED) is 0.647. The van der Waals surface area contributed by atoms with Crippen molar-refractivity contribution in [1.82, 2.24) is 4.98 Å². The normalized spacial score (nSPS) is 10.1. The highest BCUT2D eigenvalue weighted by atomic mass is 32.1. The first-order valence-corrected chi connectivity index (χ1v) is 4.63. The van der Waals surface area contributed by atoms with Crippen LogP contribution in [0.15, 0.2) is 29.6 Å². The minimum absolute atomic E-state index is 1.06. The van der Waals surface area contributed by atoms with Crippen LogP contribution in [0.3, 0.4) is 0 Å². The third kappa shape index (κ3) is 1.38. The van der Waals surface area contributed by atoms with E-state index in [0.29, 0.717) is 0 Å².